The van der Waals surface area contributed by atoms with Gasteiger partial charge in [0.25, 0.3) is 0 Å². The molecule has 1 aliphatic rings. The zero-order chi connectivity index (χ0) is 24.0. The molecule has 1 saturated heterocycles. The molecule has 0 aromatic heterocycles. The predicted octanol–water partition coefficient (Wildman–Crippen LogP) is 3.91. The molecule has 2 aromatic rings. The number of methoxy groups -OCH3 is 2. The van der Waals surface area contributed by atoms with Gasteiger partial charge in [0.1, 0.15) is 0 Å². The van der Waals surface area contributed by atoms with Crippen molar-refractivity contribution in [1.82, 2.24) is 9.62 Å². The van der Waals surface area contributed by atoms with Crippen LogP contribution in [0.1, 0.15) is 24.0 Å². The summed E-state index contributed by atoms with van der Waals surface area (Å²) in [6, 6.07) is 10.4. The summed E-state index contributed by atoms with van der Waals surface area (Å²) in [6.45, 7) is 1.10. The molecular weight excluding hydrogens is 487 g/mol. The van der Waals surface area contributed by atoms with E-state index in [1.54, 1.807) is 26.4 Å². The maximum atomic E-state index is 12.8. The largest absolute Gasteiger partial charge is 0.493 e. The molecule has 2 aromatic carbocycles. The Balaban J connectivity index is 1.47. The summed E-state index contributed by atoms with van der Waals surface area (Å²) in [7, 11) is -0.366. The van der Waals surface area contributed by atoms with E-state index < -0.39 is 10.0 Å². The lowest BCUT2D eigenvalue weighted by Gasteiger charge is -2.30. The molecule has 1 aliphatic heterocycles. The van der Waals surface area contributed by atoms with E-state index in [0.29, 0.717) is 66.0 Å². The van der Waals surface area contributed by atoms with Crippen LogP contribution in [-0.4, -0.2) is 52.5 Å². The van der Waals surface area contributed by atoms with E-state index in [1.807, 2.05) is 18.2 Å². The molecule has 1 N–H and O–H groups in total. The number of nitrogens with zero attached hydrogens (tertiary/aromatic N) is 1. The molecular formula is C23H28Cl2N2O5S. The summed E-state index contributed by atoms with van der Waals surface area (Å²) >= 11 is 12.0. The number of nitrogens with one attached hydrogen (secondary N) is 1. The van der Waals surface area contributed by atoms with Gasteiger partial charge in [0.2, 0.25) is 15.9 Å². The van der Waals surface area contributed by atoms with Gasteiger partial charge in [-0.2, -0.15) is 0 Å². The smallest absolute Gasteiger partial charge is 0.223 e. The molecule has 180 valence electrons. The maximum Gasteiger partial charge on any atom is 0.223 e. The van der Waals surface area contributed by atoms with Crippen molar-refractivity contribution in [3.05, 3.63) is 57.6 Å². The lowest BCUT2D eigenvalue weighted by Crippen LogP contribution is -2.43. The highest BCUT2D eigenvalue weighted by Gasteiger charge is 2.31. The van der Waals surface area contributed by atoms with E-state index in [1.165, 1.54) is 10.4 Å². The van der Waals surface area contributed by atoms with Crippen LogP contribution in [0.3, 0.4) is 0 Å². The van der Waals surface area contributed by atoms with Crippen LogP contribution < -0.4 is 14.8 Å². The Hall–Kier alpha value is -2.00. The van der Waals surface area contributed by atoms with Crippen LogP contribution in [0.15, 0.2) is 36.4 Å². The minimum Gasteiger partial charge on any atom is -0.493 e. The highest BCUT2D eigenvalue weighted by atomic mass is 35.5. The third kappa shape index (κ3) is 6.76. The SMILES string of the molecule is COc1ccc(CCNC(=O)C2CCN(S(=O)(=O)Cc3ccc(Cl)cc3Cl)CC2)cc1OC. The second-order valence-electron chi connectivity index (χ2n) is 7.90. The van der Waals surface area contributed by atoms with E-state index in [4.69, 9.17) is 32.7 Å². The highest BCUT2D eigenvalue weighted by molar-refractivity contribution is 7.88. The summed E-state index contributed by atoms with van der Waals surface area (Å²) in [5.41, 5.74) is 1.53. The standard InChI is InChI=1S/C23H28Cl2N2O5S/c1-31-21-6-3-16(13-22(21)32-2)7-10-26-23(28)17-8-11-27(12-9-17)33(29,30)15-18-4-5-19(24)14-20(18)25/h3-6,13-14,17H,7-12,15H2,1-2H3,(H,26,28). The zero-order valence-electron chi connectivity index (χ0n) is 18.6. The molecule has 0 radical (unpaired) electrons. The Bertz CT molecular complexity index is 1090. The molecule has 0 unspecified atom stereocenters. The number of sulfonamides is 1. The second kappa shape index (κ2) is 11.4. The normalized spacial score (nSPS) is 15.3. The first-order valence-corrected chi connectivity index (χ1v) is 13.0. The van der Waals surface area contributed by atoms with Crippen LogP contribution >= 0.6 is 23.2 Å². The van der Waals surface area contributed by atoms with Gasteiger partial charge in [-0.15, -0.1) is 0 Å². The zero-order valence-corrected chi connectivity index (χ0v) is 21.0. The molecule has 1 fully saturated rings. The number of halogens is 2. The average Bonchev–Trinajstić information content (AvgIpc) is 2.80. The van der Waals surface area contributed by atoms with Gasteiger partial charge >= 0.3 is 0 Å². The minimum atomic E-state index is -3.53. The number of benzene rings is 2. The van der Waals surface area contributed by atoms with Gasteiger partial charge in [-0.05, 0) is 54.7 Å². The number of piperidine rings is 1. The summed E-state index contributed by atoms with van der Waals surface area (Å²) in [4.78, 5) is 12.6. The van der Waals surface area contributed by atoms with Crippen molar-refractivity contribution in [2.45, 2.75) is 25.0 Å². The van der Waals surface area contributed by atoms with E-state index in [0.717, 1.165) is 5.56 Å². The molecule has 0 bridgehead atoms. The number of ether oxygens (including phenoxy) is 2. The monoisotopic (exact) mass is 514 g/mol. The van der Waals surface area contributed by atoms with E-state index >= 15 is 0 Å². The summed E-state index contributed by atoms with van der Waals surface area (Å²) in [6.07, 6.45) is 1.62. The number of hydrogen-bond acceptors (Lipinski definition) is 5. The molecule has 0 aliphatic carbocycles. The second-order valence-corrected chi connectivity index (χ2v) is 10.7. The first-order valence-electron chi connectivity index (χ1n) is 10.6. The molecule has 7 nitrogen and oxygen atoms in total. The van der Waals surface area contributed by atoms with Crippen molar-refractivity contribution >= 4 is 39.1 Å². The van der Waals surface area contributed by atoms with Crippen LogP contribution in [0, 0.1) is 5.92 Å². The topological polar surface area (TPSA) is 84.9 Å². The van der Waals surface area contributed by atoms with Gasteiger partial charge in [0.05, 0.1) is 20.0 Å². The van der Waals surface area contributed by atoms with Crippen molar-refractivity contribution in [3.63, 3.8) is 0 Å². The van der Waals surface area contributed by atoms with Crippen LogP contribution in [0.4, 0.5) is 0 Å². The maximum absolute atomic E-state index is 12.8. The van der Waals surface area contributed by atoms with E-state index in [-0.39, 0.29) is 17.6 Å². The fourth-order valence-corrected chi connectivity index (χ4v) is 5.98. The lowest BCUT2D eigenvalue weighted by molar-refractivity contribution is -0.126. The number of carbonyl (C=O) groups excluding carboxylic acids is 1. The van der Waals surface area contributed by atoms with Crippen molar-refractivity contribution in [3.8, 4) is 11.5 Å². The molecule has 1 amide bonds. The molecule has 3 rings (SSSR count). The quantitative estimate of drug-likeness (QED) is 0.548. The predicted molar refractivity (Wildman–Crippen MR) is 130 cm³/mol. The van der Waals surface area contributed by atoms with E-state index in [9.17, 15) is 13.2 Å². The van der Waals surface area contributed by atoms with Crippen molar-refractivity contribution < 1.29 is 22.7 Å². The van der Waals surface area contributed by atoms with E-state index in [2.05, 4.69) is 5.32 Å². The first-order chi connectivity index (χ1) is 15.7. The summed E-state index contributed by atoms with van der Waals surface area (Å²) in [5, 5.41) is 3.75. The van der Waals surface area contributed by atoms with Gasteiger partial charge < -0.3 is 14.8 Å². The Morgan fingerprint density at radius 1 is 1.06 bits per heavy atom. The molecule has 0 saturated carbocycles. The number of amides is 1. The highest BCUT2D eigenvalue weighted by Crippen LogP contribution is 2.28. The molecule has 1 heterocycles. The van der Waals surface area contributed by atoms with Crippen molar-refractivity contribution in [1.29, 1.82) is 0 Å². The Labute approximate surface area is 205 Å². The fourth-order valence-electron chi connectivity index (χ4n) is 3.83. The van der Waals surface area contributed by atoms with Gasteiger partial charge in [0.15, 0.2) is 11.5 Å². The van der Waals surface area contributed by atoms with Crippen LogP contribution in [0.25, 0.3) is 0 Å². The van der Waals surface area contributed by atoms with Gasteiger partial charge in [-0.25, -0.2) is 12.7 Å². The fraction of sp³-hybridized carbons (Fsp3) is 0.435. The van der Waals surface area contributed by atoms with Gasteiger partial charge in [-0.1, -0.05) is 35.3 Å². The third-order valence-electron chi connectivity index (χ3n) is 5.73. The Kier molecular flexibility index (Phi) is 8.87. The lowest BCUT2D eigenvalue weighted by atomic mass is 9.97. The number of hydrogen-bond donors (Lipinski definition) is 1. The van der Waals surface area contributed by atoms with Gasteiger partial charge in [-0.3, -0.25) is 4.79 Å². The van der Waals surface area contributed by atoms with Crippen molar-refractivity contribution in [2.75, 3.05) is 33.9 Å². The molecule has 10 heteroatoms. The first kappa shape index (κ1) is 25.6. The average molecular weight is 515 g/mol. The molecule has 33 heavy (non-hydrogen) atoms. The number of carbonyl (C=O) groups is 1. The minimum absolute atomic E-state index is 0.0479. The van der Waals surface area contributed by atoms with Crippen molar-refractivity contribution in [2.24, 2.45) is 5.92 Å². The van der Waals surface area contributed by atoms with Crippen LogP contribution in [0.5, 0.6) is 11.5 Å². The summed E-state index contributed by atoms with van der Waals surface area (Å²) in [5.74, 6) is 0.861. The summed E-state index contributed by atoms with van der Waals surface area (Å²) < 4.78 is 37.6. The van der Waals surface area contributed by atoms with Gasteiger partial charge in [0, 0.05) is 35.6 Å². The van der Waals surface area contributed by atoms with Crippen LogP contribution in [-0.2, 0) is 27.0 Å². The Morgan fingerprint density at radius 3 is 2.39 bits per heavy atom. The third-order valence-corrected chi connectivity index (χ3v) is 8.15. The van der Waals surface area contributed by atoms with Crippen LogP contribution in [0.2, 0.25) is 10.0 Å². The molecule has 0 atom stereocenters. The number of rotatable bonds is 9. The molecule has 0 spiro atoms. The Morgan fingerprint density at radius 2 is 1.76 bits per heavy atom.